The summed E-state index contributed by atoms with van der Waals surface area (Å²) in [7, 11) is 0. The van der Waals surface area contributed by atoms with Crippen molar-refractivity contribution in [2.75, 3.05) is 6.61 Å². The number of carbonyl (C=O) groups excluding carboxylic acids is 1. The van der Waals surface area contributed by atoms with Gasteiger partial charge >= 0.3 is 12.1 Å². The number of aryl methyl sites for hydroxylation is 2. The molecular formula is C33H26F3N3O4. The third-order valence-corrected chi connectivity index (χ3v) is 6.99. The fourth-order valence-electron chi connectivity index (χ4n) is 4.87. The summed E-state index contributed by atoms with van der Waals surface area (Å²) in [6.07, 6.45) is -4.89. The Balaban J connectivity index is 1.51. The molecule has 10 heteroatoms. The van der Waals surface area contributed by atoms with Crippen molar-refractivity contribution in [2.24, 2.45) is 0 Å². The van der Waals surface area contributed by atoms with Crippen molar-refractivity contribution in [3.8, 4) is 22.8 Å². The van der Waals surface area contributed by atoms with E-state index in [1.807, 2.05) is 32.0 Å². The Morgan fingerprint density at radius 2 is 1.70 bits per heavy atom. The summed E-state index contributed by atoms with van der Waals surface area (Å²) in [4.78, 5) is 31.3. The minimum absolute atomic E-state index is 0.0108. The average Bonchev–Trinajstić information content (AvgIpc) is 3.39. The fourth-order valence-corrected chi connectivity index (χ4v) is 4.87. The molecule has 0 aliphatic heterocycles. The van der Waals surface area contributed by atoms with Gasteiger partial charge in [-0.2, -0.15) is 13.2 Å². The van der Waals surface area contributed by atoms with E-state index in [1.54, 1.807) is 55.5 Å². The van der Waals surface area contributed by atoms with E-state index in [0.29, 0.717) is 28.3 Å². The summed E-state index contributed by atoms with van der Waals surface area (Å²) in [6.45, 7) is 13.1. The fraction of sp³-hybridized carbons (Fsp3) is 0.182. The van der Waals surface area contributed by atoms with Gasteiger partial charge in [-0.25, -0.2) is 9.64 Å². The van der Waals surface area contributed by atoms with Gasteiger partial charge in [0, 0.05) is 22.7 Å². The lowest BCUT2D eigenvalue weighted by molar-refractivity contribution is -0.136. The summed E-state index contributed by atoms with van der Waals surface area (Å²) in [5.74, 6) is 0.397. The number of aromatic nitrogens is 2. The van der Waals surface area contributed by atoms with Crippen LogP contribution in [0, 0.1) is 20.4 Å². The van der Waals surface area contributed by atoms with E-state index in [2.05, 4.69) is 9.83 Å². The molecule has 0 aliphatic carbocycles. The van der Waals surface area contributed by atoms with Crippen molar-refractivity contribution in [2.45, 2.75) is 33.5 Å². The van der Waals surface area contributed by atoms with Crippen LogP contribution in [0.25, 0.3) is 27.0 Å². The average molecular weight is 586 g/mol. The molecule has 0 saturated heterocycles. The monoisotopic (exact) mass is 585 g/mol. The topological polar surface area (TPSA) is 77.7 Å². The normalized spacial score (nSPS) is 11.4. The number of carbonyl (C=O) groups is 1. The van der Waals surface area contributed by atoms with E-state index >= 15 is 0 Å². The first kappa shape index (κ1) is 29.2. The SMILES string of the molecule is [C-]#[N+]c1c(C(F)(F)F)cc(-c2ccc(Oc3ccc4cc(C(=O)OCC)[nH]c4c3)cc2)n(Cc2ccc(C)cc2C)c1=O. The first-order valence-electron chi connectivity index (χ1n) is 13.3. The number of benzene rings is 3. The highest BCUT2D eigenvalue weighted by Crippen LogP contribution is 2.38. The summed E-state index contributed by atoms with van der Waals surface area (Å²) >= 11 is 0. The van der Waals surface area contributed by atoms with E-state index in [9.17, 15) is 22.8 Å². The highest BCUT2D eigenvalue weighted by molar-refractivity contribution is 5.95. The van der Waals surface area contributed by atoms with Crippen LogP contribution >= 0.6 is 0 Å². The molecule has 43 heavy (non-hydrogen) atoms. The van der Waals surface area contributed by atoms with Gasteiger partial charge in [0.15, 0.2) is 0 Å². The molecule has 0 unspecified atom stereocenters. The Labute approximate surface area is 244 Å². The van der Waals surface area contributed by atoms with Crippen molar-refractivity contribution < 1.29 is 27.4 Å². The van der Waals surface area contributed by atoms with Gasteiger partial charge in [0.05, 0.1) is 25.3 Å². The molecule has 0 aliphatic rings. The van der Waals surface area contributed by atoms with Gasteiger partial charge in [-0.15, -0.1) is 0 Å². The first-order valence-corrected chi connectivity index (χ1v) is 13.3. The Bertz CT molecular complexity index is 1950. The Morgan fingerprint density at radius 1 is 0.977 bits per heavy atom. The number of ether oxygens (including phenoxy) is 2. The number of aromatic amines is 1. The van der Waals surface area contributed by atoms with Crippen LogP contribution in [0.2, 0.25) is 0 Å². The zero-order valence-corrected chi connectivity index (χ0v) is 23.5. The Morgan fingerprint density at radius 3 is 2.35 bits per heavy atom. The number of nitrogens with one attached hydrogen (secondary N) is 1. The number of rotatable bonds is 7. The molecule has 0 fully saturated rings. The van der Waals surface area contributed by atoms with Gasteiger partial charge < -0.3 is 19.0 Å². The number of halogens is 3. The molecule has 3 aromatic carbocycles. The van der Waals surface area contributed by atoms with Crippen molar-refractivity contribution in [3.05, 3.63) is 123 Å². The maximum Gasteiger partial charge on any atom is 0.407 e. The zero-order chi connectivity index (χ0) is 30.9. The van der Waals surface area contributed by atoms with E-state index in [0.717, 1.165) is 28.1 Å². The minimum Gasteiger partial charge on any atom is -0.461 e. The van der Waals surface area contributed by atoms with Gasteiger partial charge in [0.2, 0.25) is 0 Å². The quantitative estimate of drug-likeness (QED) is 0.154. The maximum atomic E-state index is 13.9. The van der Waals surface area contributed by atoms with Crippen LogP contribution in [0.4, 0.5) is 18.9 Å². The number of hydrogen-bond acceptors (Lipinski definition) is 4. The van der Waals surface area contributed by atoms with E-state index in [-0.39, 0.29) is 18.8 Å². The second kappa shape index (κ2) is 11.5. The predicted octanol–water partition coefficient (Wildman–Crippen LogP) is 8.20. The molecule has 1 N–H and O–H groups in total. The third kappa shape index (κ3) is 6.02. The lowest BCUT2D eigenvalue weighted by Crippen LogP contribution is -2.25. The summed E-state index contributed by atoms with van der Waals surface area (Å²) in [5.41, 5.74) is 0.711. The van der Waals surface area contributed by atoms with Gasteiger partial charge in [0.25, 0.3) is 11.2 Å². The van der Waals surface area contributed by atoms with Crippen LogP contribution < -0.4 is 10.3 Å². The molecule has 5 aromatic rings. The van der Waals surface area contributed by atoms with Gasteiger partial charge in [-0.1, -0.05) is 23.8 Å². The highest BCUT2D eigenvalue weighted by Gasteiger charge is 2.36. The lowest BCUT2D eigenvalue weighted by Gasteiger charge is -2.19. The molecular weight excluding hydrogens is 559 g/mol. The predicted molar refractivity (Wildman–Crippen MR) is 157 cm³/mol. The van der Waals surface area contributed by atoms with Gasteiger partial charge in [-0.3, -0.25) is 4.79 Å². The van der Waals surface area contributed by atoms with Crippen LogP contribution in [0.15, 0.2) is 77.6 Å². The zero-order valence-electron chi connectivity index (χ0n) is 23.5. The Kier molecular flexibility index (Phi) is 7.83. The molecule has 0 bridgehead atoms. The summed E-state index contributed by atoms with van der Waals surface area (Å²) in [5, 5.41) is 0.788. The number of esters is 1. The molecule has 0 saturated carbocycles. The van der Waals surface area contributed by atoms with Crippen molar-refractivity contribution in [3.63, 3.8) is 0 Å². The summed E-state index contributed by atoms with van der Waals surface area (Å²) < 4.78 is 54.0. The smallest absolute Gasteiger partial charge is 0.407 e. The largest absolute Gasteiger partial charge is 0.461 e. The number of nitrogens with zero attached hydrogens (tertiary/aromatic N) is 2. The van der Waals surface area contributed by atoms with Crippen molar-refractivity contribution in [1.29, 1.82) is 0 Å². The Hall–Kier alpha value is -5.30. The minimum atomic E-state index is -4.89. The number of alkyl halides is 3. The highest BCUT2D eigenvalue weighted by atomic mass is 19.4. The first-order chi connectivity index (χ1) is 20.5. The molecule has 0 atom stereocenters. The van der Waals surface area contributed by atoms with E-state index in [1.165, 1.54) is 4.57 Å². The van der Waals surface area contributed by atoms with Crippen molar-refractivity contribution in [1.82, 2.24) is 9.55 Å². The van der Waals surface area contributed by atoms with Crippen LogP contribution in [0.1, 0.15) is 39.7 Å². The molecule has 2 heterocycles. The molecule has 7 nitrogen and oxygen atoms in total. The molecule has 2 aromatic heterocycles. The second-order valence-electron chi connectivity index (χ2n) is 10.0. The molecule has 0 spiro atoms. The molecule has 5 rings (SSSR count). The molecule has 0 amide bonds. The van der Waals surface area contributed by atoms with Crippen LogP contribution in [-0.2, 0) is 17.5 Å². The standard InChI is InChI=1S/C33H26F3N3O4/c1-5-42-32(41)28-15-22-10-13-25(16-27(22)38-28)43-24-11-8-21(9-12-24)29-17-26(33(34,35)36)30(37-4)31(40)39(29)18-23-7-6-19(2)14-20(23)3/h6-17,38H,5,18H2,1-3H3. The van der Waals surface area contributed by atoms with Crippen LogP contribution in [-0.4, -0.2) is 22.1 Å². The number of H-pyrrole nitrogens is 1. The van der Waals surface area contributed by atoms with E-state index in [4.69, 9.17) is 16.0 Å². The van der Waals surface area contributed by atoms with Gasteiger partial charge in [0.1, 0.15) is 17.2 Å². The molecule has 218 valence electrons. The number of fused-ring (bicyclic) bond motifs is 1. The second-order valence-corrected chi connectivity index (χ2v) is 10.0. The maximum absolute atomic E-state index is 13.9. The lowest BCUT2D eigenvalue weighted by atomic mass is 10.0. The van der Waals surface area contributed by atoms with Crippen LogP contribution in [0.3, 0.4) is 0 Å². The van der Waals surface area contributed by atoms with Crippen LogP contribution in [0.5, 0.6) is 11.5 Å². The number of pyridine rings is 1. The molecule has 0 radical (unpaired) electrons. The summed E-state index contributed by atoms with van der Waals surface area (Å²) in [6, 6.07) is 19.7. The van der Waals surface area contributed by atoms with Gasteiger partial charge in [-0.05, 0) is 86.0 Å². The van der Waals surface area contributed by atoms with Crippen molar-refractivity contribution >= 4 is 22.6 Å². The third-order valence-electron chi connectivity index (χ3n) is 6.99. The van der Waals surface area contributed by atoms with E-state index < -0.39 is 29.0 Å². The number of hydrogen-bond donors (Lipinski definition) is 1.